The first-order valence-corrected chi connectivity index (χ1v) is 11.4. The fourth-order valence-corrected chi connectivity index (χ4v) is 4.49. The van der Waals surface area contributed by atoms with Crippen molar-refractivity contribution in [3.63, 3.8) is 0 Å². The second-order valence-electron chi connectivity index (χ2n) is 8.36. The van der Waals surface area contributed by atoms with E-state index in [1.807, 2.05) is 50.2 Å². The molecule has 1 aliphatic heterocycles. The zero-order valence-corrected chi connectivity index (χ0v) is 20.3. The van der Waals surface area contributed by atoms with Crippen molar-refractivity contribution in [3.05, 3.63) is 87.7 Å². The lowest BCUT2D eigenvalue weighted by Crippen LogP contribution is -2.54. The van der Waals surface area contributed by atoms with Crippen LogP contribution >= 0.6 is 12.2 Å². The van der Waals surface area contributed by atoms with Gasteiger partial charge in [0.2, 0.25) is 0 Å². The van der Waals surface area contributed by atoms with E-state index >= 15 is 0 Å². The molecule has 3 aromatic rings. The Hall–Kier alpha value is -3.51. The average molecular weight is 458 g/mol. The van der Waals surface area contributed by atoms with Crippen LogP contribution in [0.3, 0.4) is 0 Å². The van der Waals surface area contributed by atoms with Crippen LogP contribution in [0.1, 0.15) is 40.6 Å². The number of hydrogen-bond donors (Lipinski definition) is 1. The molecule has 168 valence electrons. The summed E-state index contributed by atoms with van der Waals surface area (Å²) < 4.78 is 2.16. The maximum Gasteiger partial charge on any atom is 0.270 e. The minimum absolute atomic E-state index is 0.0596. The van der Waals surface area contributed by atoms with Crippen molar-refractivity contribution in [2.45, 2.75) is 41.0 Å². The predicted octanol–water partition coefficient (Wildman–Crippen LogP) is 5.10. The van der Waals surface area contributed by atoms with Crippen LogP contribution in [0.2, 0.25) is 0 Å². The summed E-state index contributed by atoms with van der Waals surface area (Å²) in [7, 11) is 0. The fraction of sp³-hybridized carbons (Fsp3) is 0.222. The van der Waals surface area contributed by atoms with Gasteiger partial charge in [-0.05, 0) is 98.9 Å². The fourth-order valence-electron chi connectivity index (χ4n) is 4.21. The van der Waals surface area contributed by atoms with Gasteiger partial charge in [-0.1, -0.05) is 31.2 Å². The maximum atomic E-state index is 13.4. The highest BCUT2D eigenvalue weighted by molar-refractivity contribution is 7.80. The second kappa shape index (κ2) is 8.79. The third-order valence-corrected chi connectivity index (χ3v) is 6.58. The predicted molar refractivity (Wildman–Crippen MR) is 137 cm³/mol. The number of rotatable bonds is 4. The van der Waals surface area contributed by atoms with E-state index < -0.39 is 11.8 Å². The molecule has 6 heteroatoms. The molecule has 0 saturated carbocycles. The molecule has 1 aliphatic rings. The van der Waals surface area contributed by atoms with Crippen molar-refractivity contribution in [3.8, 4) is 5.69 Å². The third-order valence-electron chi connectivity index (χ3n) is 6.29. The van der Waals surface area contributed by atoms with Gasteiger partial charge in [0, 0.05) is 17.1 Å². The Morgan fingerprint density at radius 2 is 1.70 bits per heavy atom. The number of thiocarbonyl (C=S) groups is 1. The van der Waals surface area contributed by atoms with Crippen molar-refractivity contribution in [1.29, 1.82) is 0 Å². The standard InChI is InChI=1S/C27H27N3O2S/c1-6-20-10-12-22(13-11-20)30-26(32)23(25(31)28-27(30)33)15-21-14-17(3)29(19(21)5)24-9-7-8-16(2)18(24)4/h7-15H,6H2,1-5H3,(H,28,31,33)/b23-15+. The molecule has 1 saturated heterocycles. The monoisotopic (exact) mass is 457 g/mol. The number of nitrogens with one attached hydrogen (secondary N) is 1. The maximum absolute atomic E-state index is 13.4. The first-order chi connectivity index (χ1) is 15.7. The van der Waals surface area contributed by atoms with Gasteiger partial charge in [-0.3, -0.25) is 19.8 Å². The van der Waals surface area contributed by atoms with E-state index in [2.05, 4.69) is 42.8 Å². The highest BCUT2D eigenvalue weighted by atomic mass is 32.1. The Morgan fingerprint density at radius 3 is 2.36 bits per heavy atom. The summed E-state index contributed by atoms with van der Waals surface area (Å²) in [6, 6.07) is 15.8. The van der Waals surface area contributed by atoms with E-state index in [1.165, 1.54) is 16.0 Å². The molecule has 33 heavy (non-hydrogen) atoms. The number of aryl methyl sites for hydroxylation is 3. The Bertz CT molecular complexity index is 1320. The van der Waals surface area contributed by atoms with Gasteiger partial charge in [-0.2, -0.15) is 0 Å². The zero-order chi connectivity index (χ0) is 23.9. The lowest BCUT2D eigenvalue weighted by atomic mass is 10.1. The number of hydrogen-bond acceptors (Lipinski definition) is 3. The summed E-state index contributed by atoms with van der Waals surface area (Å²) in [4.78, 5) is 27.5. The molecule has 4 rings (SSSR count). The Balaban J connectivity index is 1.76. The van der Waals surface area contributed by atoms with Gasteiger partial charge in [-0.25, -0.2) is 0 Å². The van der Waals surface area contributed by atoms with Crippen LogP contribution in [-0.4, -0.2) is 21.5 Å². The molecule has 0 bridgehead atoms. The summed E-state index contributed by atoms with van der Waals surface area (Å²) in [6.45, 7) is 10.3. The number of amides is 2. The van der Waals surface area contributed by atoms with Crippen LogP contribution in [-0.2, 0) is 16.0 Å². The van der Waals surface area contributed by atoms with Gasteiger partial charge in [-0.15, -0.1) is 0 Å². The highest BCUT2D eigenvalue weighted by Gasteiger charge is 2.34. The van der Waals surface area contributed by atoms with Crippen LogP contribution in [0.5, 0.6) is 0 Å². The van der Waals surface area contributed by atoms with Gasteiger partial charge in [0.25, 0.3) is 11.8 Å². The molecular weight excluding hydrogens is 430 g/mol. The van der Waals surface area contributed by atoms with Gasteiger partial charge in [0.15, 0.2) is 5.11 Å². The van der Waals surface area contributed by atoms with Gasteiger partial charge in [0.05, 0.1) is 5.69 Å². The molecule has 0 unspecified atom stereocenters. The number of benzene rings is 2. The largest absolute Gasteiger partial charge is 0.318 e. The minimum atomic E-state index is -0.483. The molecule has 0 radical (unpaired) electrons. The lowest BCUT2D eigenvalue weighted by molar-refractivity contribution is -0.122. The van der Waals surface area contributed by atoms with Crippen molar-refractivity contribution in [2.75, 3.05) is 4.90 Å². The first-order valence-electron chi connectivity index (χ1n) is 11.0. The average Bonchev–Trinajstić information content (AvgIpc) is 3.06. The van der Waals surface area contributed by atoms with Crippen molar-refractivity contribution in [2.24, 2.45) is 0 Å². The van der Waals surface area contributed by atoms with Crippen LogP contribution in [0, 0.1) is 27.7 Å². The topological polar surface area (TPSA) is 54.3 Å². The first kappa shape index (κ1) is 22.7. The SMILES string of the molecule is CCc1ccc(N2C(=O)/C(=C/c3cc(C)n(-c4cccc(C)c4C)c3C)C(=O)NC2=S)cc1. The summed E-state index contributed by atoms with van der Waals surface area (Å²) >= 11 is 5.32. The quantitative estimate of drug-likeness (QED) is 0.337. The summed E-state index contributed by atoms with van der Waals surface area (Å²) in [5.41, 5.74) is 8.15. The molecule has 1 fully saturated rings. The van der Waals surface area contributed by atoms with Crippen LogP contribution in [0.15, 0.2) is 54.1 Å². The number of aromatic nitrogens is 1. The van der Waals surface area contributed by atoms with Gasteiger partial charge >= 0.3 is 0 Å². The Labute approximate surface area is 199 Å². The van der Waals surface area contributed by atoms with E-state index in [0.29, 0.717) is 5.69 Å². The third kappa shape index (κ3) is 4.02. The van der Waals surface area contributed by atoms with Gasteiger partial charge < -0.3 is 4.57 Å². The van der Waals surface area contributed by atoms with E-state index in [-0.39, 0.29) is 10.7 Å². The number of carbonyl (C=O) groups is 2. The molecule has 0 aliphatic carbocycles. The number of anilines is 1. The number of nitrogens with zero attached hydrogens (tertiary/aromatic N) is 2. The summed E-state index contributed by atoms with van der Waals surface area (Å²) in [5, 5.41) is 2.76. The minimum Gasteiger partial charge on any atom is -0.318 e. The van der Waals surface area contributed by atoms with E-state index in [0.717, 1.165) is 34.6 Å². The Kier molecular flexibility index (Phi) is 6.04. The molecule has 5 nitrogen and oxygen atoms in total. The van der Waals surface area contributed by atoms with Crippen molar-refractivity contribution >= 4 is 40.9 Å². The Morgan fingerprint density at radius 1 is 1.00 bits per heavy atom. The smallest absolute Gasteiger partial charge is 0.270 e. The van der Waals surface area contributed by atoms with Crippen molar-refractivity contribution in [1.82, 2.24) is 9.88 Å². The highest BCUT2D eigenvalue weighted by Crippen LogP contribution is 2.28. The van der Waals surface area contributed by atoms with Crippen molar-refractivity contribution < 1.29 is 9.59 Å². The molecule has 0 spiro atoms. The molecule has 2 aromatic carbocycles. The van der Waals surface area contributed by atoms with E-state index in [4.69, 9.17) is 12.2 Å². The molecular formula is C27H27N3O2S. The summed E-state index contributed by atoms with van der Waals surface area (Å²) in [6.07, 6.45) is 2.56. The second-order valence-corrected chi connectivity index (χ2v) is 8.75. The van der Waals surface area contributed by atoms with Crippen LogP contribution in [0.25, 0.3) is 11.8 Å². The van der Waals surface area contributed by atoms with E-state index in [9.17, 15) is 9.59 Å². The molecule has 0 atom stereocenters. The molecule has 2 heterocycles. The van der Waals surface area contributed by atoms with Crippen LogP contribution in [0.4, 0.5) is 5.69 Å². The van der Waals surface area contributed by atoms with Gasteiger partial charge in [0.1, 0.15) is 5.57 Å². The zero-order valence-electron chi connectivity index (χ0n) is 19.5. The molecule has 2 amide bonds. The van der Waals surface area contributed by atoms with Crippen LogP contribution < -0.4 is 10.2 Å². The molecule has 1 aromatic heterocycles. The lowest BCUT2D eigenvalue weighted by Gasteiger charge is -2.29. The number of carbonyl (C=O) groups excluding carboxylic acids is 2. The summed E-state index contributed by atoms with van der Waals surface area (Å²) in [5.74, 6) is -0.910. The molecule has 1 N–H and O–H groups in total. The normalized spacial score (nSPS) is 15.4. The van der Waals surface area contributed by atoms with E-state index in [1.54, 1.807) is 6.08 Å².